The number of hydrogen-bond donors (Lipinski definition) is 2. The molecule has 1 amide bonds. The molecule has 2 N–H and O–H groups in total. The van der Waals surface area contributed by atoms with E-state index >= 15 is 0 Å². The second kappa shape index (κ2) is 10.8. The fraction of sp³-hybridized carbons (Fsp3) is 0.433. The molecule has 0 radical (unpaired) electrons. The van der Waals surface area contributed by atoms with E-state index in [1.54, 1.807) is 0 Å². The van der Waals surface area contributed by atoms with Gasteiger partial charge in [-0.3, -0.25) is 4.79 Å². The van der Waals surface area contributed by atoms with Crippen LogP contribution in [-0.2, 0) is 11.2 Å². The van der Waals surface area contributed by atoms with Crippen molar-refractivity contribution in [2.24, 2.45) is 0 Å². The largest absolute Gasteiger partial charge is 0.393 e. The van der Waals surface area contributed by atoms with Crippen molar-refractivity contribution in [3.63, 3.8) is 0 Å². The molecule has 184 valence electrons. The summed E-state index contributed by atoms with van der Waals surface area (Å²) in [7, 11) is 0. The summed E-state index contributed by atoms with van der Waals surface area (Å²) in [6, 6.07) is 24.6. The molecule has 2 aliphatic rings. The number of hydrogen-bond acceptors (Lipinski definition) is 4. The van der Waals surface area contributed by atoms with Gasteiger partial charge in [0, 0.05) is 44.0 Å². The number of piperidine rings is 2. The average molecular weight is 472 g/mol. The highest BCUT2D eigenvalue weighted by Crippen LogP contribution is 2.27. The Morgan fingerprint density at radius 3 is 2.34 bits per heavy atom. The molecule has 0 unspecified atom stereocenters. The van der Waals surface area contributed by atoms with E-state index in [9.17, 15) is 9.90 Å². The highest BCUT2D eigenvalue weighted by atomic mass is 16.3. The first-order valence-corrected chi connectivity index (χ1v) is 13.1. The molecule has 0 saturated carbocycles. The molecule has 2 saturated heterocycles. The SMILES string of the molecule is C[C@@H](NC1CCN(c2ccc(CC(=O)N3CCC(O)CC3)cc2)CC1)c1cccc2ccccc12. The minimum absolute atomic E-state index is 0.164. The number of nitrogens with zero attached hydrogens (tertiary/aromatic N) is 2. The molecule has 35 heavy (non-hydrogen) atoms. The molecule has 0 spiro atoms. The van der Waals surface area contributed by atoms with E-state index in [0.29, 0.717) is 44.4 Å². The van der Waals surface area contributed by atoms with E-state index in [4.69, 9.17) is 0 Å². The molecule has 0 bridgehead atoms. The number of aliphatic hydroxyl groups is 1. The van der Waals surface area contributed by atoms with Crippen LogP contribution in [0.1, 0.15) is 49.8 Å². The molecule has 0 aliphatic carbocycles. The average Bonchev–Trinajstić information content (AvgIpc) is 2.89. The van der Waals surface area contributed by atoms with Crippen LogP contribution in [0.4, 0.5) is 5.69 Å². The van der Waals surface area contributed by atoms with Crippen molar-refractivity contribution in [3.05, 3.63) is 77.9 Å². The van der Waals surface area contributed by atoms with Gasteiger partial charge < -0.3 is 20.2 Å². The fourth-order valence-corrected chi connectivity index (χ4v) is 5.60. The molecule has 2 fully saturated rings. The van der Waals surface area contributed by atoms with Gasteiger partial charge in [0.25, 0.3) is 0 Å². The van der Waals surface area contributed by atoms with E-state index in [2.05, 4.69) is 83.9 Å². The Morgan fingerprint density at radius 2 is 1.60 bits per heavy atom. The number of anilines is 1. The normalized spacial score (nSPS) is 18.7. The molecule has 1 atom stereocenters. The summed E-state index contributed by atoms with van der Waals surface area (Å²) in [5.41, 5.74) is 3.67. The number of carbonyl (C=O) groups excluding carboxylic acids is 1. The summed E-state index contributed by atoms with van der Waals surface area (Å²) in [4.78, 5) is 16.9. The first-order chi connectivity index (χ1) is 17.1. The summed E-state index contributed by atoms with van der Waals surface area (Å²) in [5.74, 6) is 0.164. The van der Waals surface area contributed by atoms with Gasteiger partial charge in [-0.1, -0.05) is 54.6 Å². The van der Waals surface area contributed by atoms with Crippen LogP contribution in [0.3, 0.4) is 0 Å². The van der Waals surface area contributed by atoms with Gasteiger partial charge in [-0.15, -0.1) is 0 Å². The topological polar surface area (TPSA) is 55.8 Å². The van der Waals surface area contributed by atoms with Crippen molar-refractivity contribution in [1.29, 1.82) is 0 Å². The Hall–Kier alpha value is -2.89. The van der Waals surface area contributed by atoms with Crippen molar-refractivity contribution >= 4 is 22.4 Å². The number of rotatable bonds is 6. The minimum Gasteiger partial charge on any atom is -0.393 e. The monoisotopic (exact) mass is 471 g/mol. The maximum atomic E-state index is 12.6. The van der Waals surface area contributed by atoms with Crippen LogP contribution >= 0.6 is 0 Å². The number of carbonyl (C=O) groups is 1. The summed E-state index contributed by atoms with van der Waals surface area (Å²) in [6.45, 7) is 5.68. The van der Waals surface area contributed by atoms with Gasteiger partial charge in [0.1, 0.15) is 0 Å². The van der Waals surface area contributed by atoms with E-state index in [1.165, 1.54) is 22.0 Å². The summed E-state index contributed by atoms with van der Waals surface area (Å²) in [5, 5.41) is 16.2. The Kier molecular flexibility index (Phi) is 7.35. The molecule has 5 heteroatoms. The Balaban J connectivity index is 1.12. The minimum atomic E-state index is -0.251. The van der Waals surface area contributed by atoms with Crippen LogP contribution in [0.25, 0.3) is 10.8 Å². The van der Waals surface area contributed by atoms with E-state index < -0.39 is 0 Å². The Morgan fingerprint density at radius 1 is 0.914 bits per heavy atom. The lowest BCUT2D eigenvalue weighted by Gasteiger charge is -2.35. The van der Waals surface area contributed by atoms with Gasteiger partial charge in [0.2, 0.25) is 5.91 Å². The van der Waals surface area contributed by atoms with E-state index in [-0.39, 0.29) is 12.0 Å². The van der Waals surface area contributed by atoms with E-state index in [1.807, 2.05) is 4.90 Å². The summed E-state index contributed by atoms with van der Waals surface area (Å²) in [6.07, 6.45) is 3.81. The molecule has 0 aromatic heterocycles. The molecule has 5 nitrogen and oxygen atoms in total. The first kappa shape index (κ1) is 23.8. The molecular formula is C30H37N3O2. The van der Waals surface area contributed by atoms with Crippen molar-refractivity contribution in [2.75, 3.05) is 31.1 Å². The molecule has 3 aromatic rings. The number of aliphatic hydroxyl groups excluding tert-OH is 1. The number of likely N-dealkylation sites (tertiary alicyclic amines) is 1. The predicted molar refractivity (Wildman–Crippen MR) is 143 cm³/mol. The predicted octanol–water partition coefficient (Wildman–Crippen LogP) is 4.69. The highest BCUT2D eigenvalue weighted by Gasteiger charge is 2.23. The summed E-state index contributed by atoms with van der Waals surface area (Å²) >= 11 is 0. The van der Waals surface area contributed by atoms with Crippen molar-refractivity contribution in [3.8, 4) is 0 Å². The zero-order chi connectivity index (χ0) is 24.2. The van der Waals surface area contributed by atoms with E-state index in [0.717, 1.165) is 31.5 Å². The zero-order valence-electron chi connectivity index (χ0n) is 20.7. The Bertz CT molecular complexity index is 1120. The number of nitrogens with one attached hydrogen (secondary N) is 1. The second-order valence-corrected chi connectivity index (χ2v) is 10.2. The van der Waals surface area contributed by atoms with Crippen LogP contribution in [0.15, 0.2) is 66.7 Å². The lowest BCUT2D eigenvalue weighted by Crippen LogP contribution is -2.43. The molecule has 3 aromatic carbocycles. The Labute approximate surface area is 208 Å². The lowest BCUT2D eigenvalue weighted by atomic mass is 9.97. The van der Waals surface area contributed by atoms with Crippen molar-refractivity contribution < 1.29 is 9.90 Å². The summed E-state index contributed by atoms with van der Waals surface area (Å²) < 4.78 is 0. The molecular weight excluding hydrogens is 434 g/mol. The maximum Gasteiger partial charge on any atom is 0.226 e. The van der Waals surface area contributed by atoms with Crippen LogP contribution in [-0.4, -0.2) is 54.2 Å². The van der Waals surface area contributed by atoms with Crippen LogP contribution in [0, 0.1) is 0 Å². The third kappa shape index (κ3) is 5.68. The zero-order valence-corrected chi connectivity index (χ0v) is 20.7. The van der Waals surface area contributed by atoms with Gasteiger partial charge in [-0.25, -0.2) is 0 Å². The smallest absolute Gasteiger partial charge is 0.226 e. The third-order valence-corrected chi connectivity index (χ3v) is 7.74. The number of benzene rings is 3. The standard InChI is InChI=1S/C30H37N3O2/c1-22(28-8-4-6-24-5-2-3-7-29(24)28)31-25-13-17-32(18-14-25)26-11-9-23(10-12-26)21-30(35)33-19-15-27(34)16-20-33/h2-12,22,25,27,31,34H,13-21H2,1H3/t22-/m1/s1. The lowest BCUT2D eigenvalue weighted by molar-refractivity contribution is -0.132. The third-order valence-electron chi connectivity index (χ3n) is 7.74. The second-order valence-electron chi connectivity index (χ2n) is 10.2. The molecule has 5 rings (SSSR count). The first-order valence-electron chi connectivity index (χ1n) is 13.1. The maximum absolute atomic E-state index is 12.6. The number of fused-ring (bicyclic) bond motifs is 1. The fourth-order valence-electron chi connectivity index (χ4n) is 5.60. The van der Waals surface area contributed by atoms with Crippen LogP contribution < -0.4 is 10.2 Å². The molecule has 2 aliphatic heterocycles. The van der Waals surface area contributed by atoms with Gasteiger partial charge in [-0.05, 0) is 66.6 Å². The molecule has 2 heterocycles. The van der Waals surface area contributed by atoms with Gasteiger partial charge >= 0.3 is 0 Å². The van der Waals surface area contributed by atoms with Gasteiger partial charge in [0.05, 0.1) is 12.5 Å². The highest BCUT2D eigenvalue weighted by molar-refractivity contribution is 5.86. The van der Waals surface area contributed by atoms with Gasteiger partial charge in [0.15, 0.2) is 0 Å². The van der Waals surface area contributed by atoms with Crippen LogP contribution in [0.2, 0.25) is 0 Å². The number of amides is 1. The quantitative estimate of drug-likeness (QED) is 0.548. The van der Waals surface area contributed by atoms with Crippen molar-refractivity contribution in [1.82, 2.24) is 10.2 Å². The van der Waals surface area contributed by atoms with Crippen LogP contribution in [0.5, 0.6) is 0 Å². The van der Waals surface area contributed by atoms with Gasteiger partial charge in [-0.2, -0.15) is 0 Å². The van der Waals surface area contributed by atoms with Crippen molar-refractivity contribution in [2.45, 2.75) is 57.2 Å².